The van der Waals surface area contributed by atoms with Gasteiger partial charge in [-0.1, -0.05) is 0 Å². The summed E-state index contributed by atoms with van der Waals surface area (Å²) in [4.78, 5) is 31.8. The van der Waals surface area contributed by atoms with E-state index >= 15 is 0 Å². The summed E-state index contributed by atoms with van der Waals surface area (Å²) in [6.45, 7) is 0. The summed E-state index contributed by atoms with van der Waals surface area (Å²) in [5.74, 6) is -1.86. The topological polar surface area (TPSA) is 149 Å². The predicted octanol–water partition coefficient (Wildman–Crippen LogP) is 2.96. The van der Waals surface area contributed by atoms with Gasteiger partial charge < -0.3 is 25.6 Å². The summed E-state index contributed by atoms with van der Waals surface area (Å²) in [5, 5.41) is 12.7. The first-order valence-corrected chi connectivity index (χ1v) is 8.14. The van der Waals surface area contributed by atoms with E-state index in [1.54, 1.807) is 0 Å². The Morgan fingerprint density at radius 3 is 2.67 bits per heavy atom. The molecule has 156 valence electrons. The first kappa shape index (κ1) is 20.6. The van der Waals surface area contributed by atoms with Crippen LogP contribution >= 0.6 is 0 Å². The van der Waals surface area contributed by atoms with Crippen molar-refractivity contribution in [3.63, 3.8) is 0 Å². The number of alkyl halides is 3. The van der Waals surface area contributed by atoms with Gasteiger partial charge in [-0.05, 0) is 22.0 Å². The van der Waals surface area contributed by atoms with E-state index in [0.717, 1.165) is 24.4 Å². The zero-order valence-corrected chi connectivity index (χ0v) is 15.1. The predicted molar refractivity (Wildman–Crippen MR) is 99.3 cm³/mol. The number of nitro groups is 1. The Kier molecular flexibility index (Phi) is 5.27. The van der Waals surface area contributed by atoms with Crippen molar-refractivity contribution in [3.05, 3.63) is 57.9 Å². The zero-order valence-electron chi connectivity index (χ0n) is 15.1. The number of nitrogens with two attached hydrogens (primary N) is 1. The number of hydrogen-bond donors (Lipinski definition) is 3. The Morgan fingerprint density at radius 1 is 1.30 bits per heavy atom. The largest absolute Gasteiger partial charge is 0.457 e. The van der Waals surface area contributed by atoms with Crippen LogP contribution in [0.2, 0.25) is 0 Å². The number of carbonyl (C=O) groups excluding carboxylic acids is 1. The molecule has 2 heterocycles. The molecule has 0 aliphatic heterocycles. The number of hydrogen-bond acceptors (Lipinski definition) is 6. The van der Waals surface area contributed by atoms with Crippen LogP contribution in [-0.2, 0) is 6.18 Å². The summed E-state index contributed by atoms with van der Waals surface area (Å²) < 4.78 is 46.1. The third-order valence-electron chi connectivity index (χ3n) is 3.88. The molecule has 1 aromatic carbocycles. The number of nitrogens with zero attached hydrogens (tertiary/aromatic N) is 3. The normalized spacial score (nSPS) is 12.1. The van der Waals surface area contributed by atoms with E-state index in [1.807, 2.05) is 0 Å². The van der Waals surface area contributed by atoms with Crippen LogP contribution in [0.1, 0.15) is 16.1 Å². The average Bonchev–Trinajstić information content (AvgIpc) is 3.10. The molecule has 1 amide bonds. The highest BCUT2D eigenvalue weighted by molar-refractivity contribution is 6.07. The Morgan fingerprint density at radius 2 is 2.03 bits per heavy atom. The van der Waals surface area contributed by atoms with Gasteiger partial charge >= 0.3 is 12.0 Å². The van der Waals surface area contributed by atoms with Crippen molar-refractivity contribution in [2.45, 2.75) is 6.18 Å². The number of fused-ring (bicyclic) bond motifs is 1. The van der Waals surface area contributed by atoms with Gasteiger partial charge in [0.15, 0.2) is 5.96 Å². The van der Waals surface area contributed by atoms with Gasteiger partial charge in [-0.2, -0.15) is 13.2 Å². The number of guanidine groups is 1. The molecule has 0 radical (unpaired) electrons. The highest BCUT2D eigenvalue weighted by Crippen LogP contribution is 2.39. The minimum Gasteiger partial charge on any atom is -0.457 e. The highest BCUT2D eigenvalue weighted by atomic mass is 19.4. The molecular weight excluding hydrogens is 409 g/mol. The zero-order chi connectivity index (χ0) is 22.1. The van der Waals surface area contributed by atoms with Crippen molar-refractivity contribution in [2.75, 3.05) is 7.05 Å². The second kappa shape index (κ2) is 7.69. The quantitative estimate of drug-likeness (QED) is 0.255. The second-order valence-electron chi connectivity index (χ2n) is 5.88. The van der Waals surface area contributed by atoms with Gasteiger partial charge in [0.05, 0.1) is 17.1 Å². The van der Waals surface area contributed by atoms with Crippen LogP contribution in [0.25, 0.3) is 10.9 Å². The fourth-order valence-electron chi connectivity index (χ4n) is 2.57. The molecule has 0 spiro atoms. The molecule has 0 unspecified atom stereocenters. The molecule has 0 aliphatic carbocycles. The van der Waals surface area contributed by atoms with Gasteiger partial charge in [0.2, 0.25) is 0 Å². The van der Waals surface area contributed by atoms with Gasteiger partial charge in [-0.3, -0.25) is 15.1 Å². The number of ether oxygens (including phenoxy) is 1. The lowest BCUT2D eigenvalue weighted by atomic mass is 10.1. The molecule has 4 N–H and O–H groups in total. The maximum absolute atomic E-state index is 13.6. The molecule has 2 aromatic heterocycles. The second-order valence-corrected chi connectivity index (χ2v) is 5.88. The molecule has 0 aliphatic rings. The third kappa shape index (κ3) is 4.29. The van der Waals surface area contributed by atoms with Crippen LogP contribution in [0.3, 0.4) is 0 Å². The smallest absolute Gasteiger partial charge is 0.417 e. The molecule has 13 heteroatoms. The van der Waals surface area contributed by atoms with E-state index in [4.69, 9.17) is 10.5 Å². The van der Waals surface area contributed by atoms with Gasteiger partial charge in [0, 0.05) is 24.6 Å². The van der Waals surface area contributed by atoms with E-state index in [2.05, 4.69) is 20.3 Å². The number of halogens is 3. The minimum atomic E-state index is -4.76. The maximum atomic E-state index is 13.6. The van der Waals surface area contributed by atoms with Gasteiger partial charge in [-0.15, -0.1) is 0 Å². The van der Waals surface area contributed by atoms with E-state index in [1.165, 1.54) is 19.2 Å². The summed E-state index contributed by atoms with van der Waals surface area (Å²) in [6.07, 6.45) is -3.67. The van der Waals surface area contributed by atoms with Crippen molar-refractivity contribution >= 4 is 28.6 Å². The van der Waals surface area contributed by atoms with Crippen molar-refractivity contribution in [1.82, 2.24) is 15.3 Å². The Labute approximate surface area is 165 Å². The van der Waals surface area contributed by atoms with Crippen molar-refractivity contribution in [2.24, 2.45) is 10.7 Å². The van der Waals surface area contributed by atoms with Crippen molar-refractivity contribution in [1.29, 1.82) is 0 Å². The molecule has 30 heavy (non-hydrogen) atoms. The van der Waals surface area contributed by atoms with Crippen molar-refractivity contribution in [3.8, 4) is 11.5 Å². The monoisotopic (exact) mass is 422 g/mol. The molecule has 3 aromatic rings. The Hall–Kier alpha value is -4.16. The summed E-state index contributed by atoms with van der Waals surface area (Å²) in [6, 6.07) is 5.21. The van der Waals surface area contributed by atoms with Gasteiger partial charge in [0.1, 0.15) is 23.4 Å². The van der Waals surface area contributed by atoms with E-state index in [0.29, 0.717) is 0 Å². The number of pyridine rings is 1. The SMILES string of the molecule is CN=C(N)NC(=O)c1cc2c(C(F)(F)F)cc(Oc3ccnc([N+](=O)[O-])c3)cc2[nH]1. The van der Waals surface area contributed by atoms with E-state index in [-0.39, 0.29) is 34.1 Å². The number of aromatic amines is 1. The lowest BCUT2D eigenvalue weighted by Crippen LogP contribution is -2.36. The maximum Gasteiger partial charge on any atom is 0.417 e. The number of carbonyl (C=O) groups is 1. The van der Waals surface area contributed by atoms with Crippen LogP contribution < -0.4 is 15.8 Å². The van der Waals surface area contributed by atoms with Gasteiger partial charge in [-0.25, -0.2) is 0 Å². The number of aromatic nitrogens is 2. The van der Waals surface area contributed by atoms with Gasteiger partial charge in [0.25, 0.3) is 5.91 Å². The van der Waals surface area contributed by atoms with Crippen molar-refractivity contribution < 1.29 is 27.6 Å². The van der Waals surface area contributed by atoms with Crippen LogP contribution in [0, 0.1) is 10.1 Å². The standard InChI is InChI=1S/C17H13F3N6O4/c1-22-16(21)25-15(27)13-7-10-11(17(18,19)20)4-9(5-12(10)24-13)30-8-2-3-23-14(6-8)26(28)29/h2-7,24H,1H3,(H3,21,22,25,27). The van der Waals surface area contributed by atoms with Crippen LogP contribution in [0.15, 0.2) is 41.5 Å². The molecular formula is C17H13F3N6O4. The fourth-order valence-corrected chi connectivity index (χ4v) is 2.57. The van der Waals surface area contributed by atoms with Crippen LogP contribution in [0.5, 0.6) is 11.5 Å². The van der Waals surface area contributed by atoms with E-state index in [9.17, 15) is 28.1 Å². The summed E-state index contributed by atoms with van der Waals surface area (Å²) in [7, 11) is 1.33. The number of aliphatic imine (C=N–C) groups is 1. The minimum absolute atomic E-state index is 0.0412. The number of benzene rings is 1. The highest BCUT2D eigenvalue weighted by Gasteiger charge is 2.34. The number of amides is 1. The number of rotatable bonds is 4. The van der Waals surface area contributed by atoms with E-state index < -0.39 is 28.4 Å². The summed E-state index contributed by atoms with van der Waals surface area (Å²) >= 11 is 0. The molecule has 0 saturated carbocycles. The molecule has 10 nitrogen and oxygen atoms in total. The third-order valence-corrected chi connectivity index (χ3v) is 3.88. The molecule has 0 fully saturated rings. The Balaban J connectivity index is 2.05. The molecule has 3 rings (SSSR count). The van der Waals surface area contributed by atoms with Crippen LogP contribution in [-0.4, -0.2) is 33.8 Å². The molecule has 0 bridgehead atoms. The lowest BCUT2D eigenvalue weighted by Gasteiger charge is -2.11. The fraction of sp³-hybridized carbons (Fsp3) is 0.118. The number of nitrogens with one attached hydrogen (secondary N) is 2. The van der Waals surface area contributed by atoms with Crippen LogP contribution in [0.4, 0.5) is 19.0 Å². The number of H-pyrrole nitrogens is 1. The molecule has 0 atom stereocenters. The first-order valence-electron chi connectivity index (χ1n) is 8.14. The molecule has 0 saturated heterocycles. The average molecular weight is 422 g/mol. The lowest BCUT2D eigenvalue weighted by molar-refractivity contribution is -0.389. The summed E-state index contributed by atoms with van der Waals surface area (Å²) in [5.41, 5.74) is 4.11. The Bertz CT molecular complexity index is 1170. The first-order chi connectivity index (χ1) is 14.1.